The van der Waals surface area contributed by atoms with E-state index in [9.17, 15) is 14.4 Å². The van der Waals surface area contributed by atoms with Gasteiger partial charge in [-0.05, 0) is 46.1 Å². The van der Waals surface area contributed by atoms with Gasteiger partial charge in [0.2, 0.25) is 0 Å². The van der Waals surface area contributed by atoms with E-state index in [4.69, 9.17) is 4.74 Å². The van der Waals surface area contributed by atoms with Gasteiger partial charge in [0, 0.05) is 19.2 Å². The van der Waals surface area contributed by atoms with Crippen LogP contribution in [-0.2, 0) is 11.3 Å². The zero-order valence-corrected chi connectivity index (χ0v) is 18.0. The first kappa shape index (κ1) is 22.9. The Morgan fingerprint density at radius 2 is 1.83 bits per heavy atom. The average Bonchev–Trinajstić information content (AvgIpc) is 2.86. The van der Waals surface area contributed by atoms with Crippen LogP contribution in [0.1, 0.15) is 83.1 Å². The van der Waals surface area contributed by atoms with Crippen molar-refractivity contribution in [1.82, 2.24) is 20.4 Å². The van der Waals surface area contributed by atoms with E-state index in [-0.39, 0.29) is 17.2 Å². The molecule has 29 heavy (non-hydrogen) atoms. The van der Waals surface area contributed by atoms with Gasteiger partial charge in [0.1, 0.15) is 11.3 Å². The van der Waals surface area contributed by atoms with E-state index in [1.807, 2.05) is 27.7 Å². The molecule has 1 aliphatic carbocycles. The van der Waals surface area contributed by atoms with Crippen LogP contribution in [0.4, 0.5) is 4.79 Å². The number of nitrogens with one attached hydrogen (secondary N) is 2. The molecular weight excluding hydrogens is 372 g/mol. The molecule has 1 aromatic rings. The number of alkyl carbamates (subject to hydrolysis) is 1. The molecule has 0 bridgehead atoms. The Labute approximate surface area is 172 Å². The lowest BCUT2D eigenvalue weighted by molar-refractivity contribution is 0.0437. The molecule has 1 saturated carbocycles. The number of hydrogen-bond acceptors (Lipinski definition) is 5. The second kappa shape index (κ2) is 9.89. The molecule has 162 valence electrons. The molecule has 0 aliphatic heterocycles. The van der Waals surface area contributed by atoms with Crippen LogP contribution in [0, 0.1) is 0 Å². The number of carbonyl (C=O) groups excluding carboxylic acids is 2. The third kappa shape index (κ3) is 7.18. The van der Waals surface area contributed by atoms with Crippen LogP contribution < -0.4 is 16.2 Å². The summed E-state index contributed by atoms with van der Waals surface area (Å²) in [7, 11) is 0. The van der Waals surface area contributed by atoms with Gasteiger partial charge in [-0.25, -0.2) is 9.48 Å². The highest BCUT2D eigenvalue weighted by Gasteiger charge is 2.34. The molecule has 1 aliphatic rings. The Hall–Kier alpha value is -2.38. The van der Waals surface area contributed by atoms with Gasteiger partial charge in [0.15, 0.2) is 0 Å². The number of ether oxygens (including phenoxy) is 1. The van der Waals surface area contributed by atoms with Crippen LogP contribution in [-0.4, -0.2) is 39.5 Å². The number of nitrogens with zero attached hydrogens (tertiary/aromatic N) is 2. The first-order valence-electron chi connectivity index (χ1n) is 10.5. The Kier molecular flexibility index (Phi) is 7.81. The highest BCUT2D eigenvalue weighted by atomic mass is 16.6. The maximum absolute atomic E-state index is 12.7. The smallest absolute Gasteiger partial charge is 0.408 e. The molecule has 2 amide bonds. The second-order valence-corrected chi connectivity index (χ2v) is 8.78. The molecule has 8 heteroatoms. The minimum absolute atomic E-state index is 0.194. The van der Waals surface area contributed by atoms with Crippen molar-refractivity contribution in [3.05, 3.63) is 28.2 Å². The molecule has 0 saturated heterocycles. The van der Waals surface area contributed by atoms with Crippen molar-refractivity contribution in [1.29, 1.82) is 0 Å². The highest BCUT2D eigenvalue weighted by molar-refractivity contribution is 5.92. The van der Waals surface area contributed by atoms with Gasteiger partial charge in [-0.3, -0.25) is 9.59 Å². The molecule has 0 spiro atoms. The van der Waals surface area contributed by atoms with E-state index in [0.717, 1.165) is 44.9 Å². The van der Waals surface area contributed by atoms with Crippen molar-refractivity contribution in [3.8, 4) is 0 Å². The highest BCUT2D eigenvalue weighted by Crippen LogP contribution is 2.27. The third-order valence-corrected chi connectivity index (χ3v) is 4.95. The molecule has 0 aromatic carbocycles. The van der Waals surface area contributed by atoms with Crippen molar-refractivity contribution in [2.24, 2.45) is 0 Å². The largest absolute Gasteiger partial charge is 0.444 e. The van der Waals surface area contributed by atoms with Gasteiger partial charge in [-0.1, -0.05) is 32.6 Å². The fourth-order valence-electron chi connectivity index (χ4n) is 3.55. The van der Waals surface area contributed by atoms with Crippen molar-refractivity contribution in [2.45, 2.75) is 90.3 Å². The van der Waals surface area contributed by atoms with Crippen LogP contribution in [0.25, 0.3) is 0 Å². The minimum atomic E-state index is -0.587. The molecule has 1 fully saturated rings. The van der Waals surface area contributed by atoms with Crippen molar-refractivity contribution < 1.29 is 14.3 Å². The molecule has 1 aromatic heterocycles. The third-order valence-electron chi connectivity index (χ3n) is 4.95. The SMILES string of the molecule is CCCn1nc(C(=O)NCC2(NC(=O)OC(C)(C)C)CCCCCC2)ccc1=O. The molecule has 0 atom stereocenters. The summed E-state index contributed by atoms with van der Waals surface area (Å²) < 4.78 is 6.74. The predicted octanol–water partition coefficient (Wildman–Crippen LogP) is 3.00. The summed E-state index contributed by atoms with van der Waals surface area (Å²) in [6, 6.07) is 2.79. The van der Waals surface area contributed by atoms with Crippen LogP contribution in [0.5, 0.6) is 0 Å². The summed E-state index contributed by atoms with van der Waals surface area (Å²) in [5.74, 6) is -0.357. The van der Waals surface area contributed by atoms with Gasteiger partial charge >= 0.3 is 6.09 Å². The van der Waals surface area contributed by atoms with Gasteiger partial charge < -0.3 is 15.4 Å². The Morgan fingerprint density at radius 1 is 1.17 bits per heavy atom. The number of aryl methyl sites for hydroxylation is 1. The Bertz CT molecular complexity index is 759. The summed E-state index contributed by atoms with van der Waals surface area (Å²) in [5, 5.41) is 10.1. The lowest BCUT2D eigenvalue weighted by Crippen LogP contribution is -2.56. The fraction of sp³-hybridized carbons (Fsp3) is 0.714. The molecule has 8 nitrogen and oxygen atoms in total. The maximum Gasteiger partial charge on any atom is 0.408 e. The van der Waals surface area contributed by atoms with E-state index in [1.54, 1.807) is 0 Å². The minimum Gasteiger partial charge on any atom is -0.444 e. The zero-order chi connectivity index (χ0) is 21.5. The van der Waals surface area contributed by atoms with Crippen LogP contribution in [0.3, 0.4) is 0 Å². The normalized spacial score (nSPS) is 16.6. The lowest BCUT2D eigenvalue weighted by Gasteiger charge is -2.35. The standard InChI is InChI=1S/C21H34N4O4/c1-5-14-25-17(26)11-10-16(24-25)18(27)22-15-21(12-8-6-7-9-13-21)23-19(28)29-20(2,3)4/h10-11H,5-9,12-15H2,1-4H3,(H,22,27)(H,23,28). The predicted molar refractivity (Wildman–Crippen MR) is 111 cm³/mol. The van der Waals surface area contributed by atoms with E-state index in [2.05, 4.69) is 15.7 Å². The molecule has 2 N–H and O–H groups in total. The topological polar surface area (TPSA) is 102 Å². The maximum atomic E-state index is 12.7. The first-order chi connectivity index (χ1) is 13.6. The molecule has 1 heterocycles. The van der Waals surface area contributed by atoms with Crippen LogP contribution >= 0.6 is 0 Å². The van der Waals surface area contributed by atoms with Crippen LogP contribution in [0.15, 0.2) is 16.9 Å². The summed E-state index contributed by atoms with van der Waals surface area (Å²) in [6.45, 7) is 8.17. The summed E-state index contributed by atoms with van der Waals surface area (Å²) in [5.41, 5.74) is -1.17. The van der Waals surface area contributed by atoms with Crippen molar-refractivity contribution in [3.63, 3.8) is 0 Å². The number of amides is 2. The molecule has 2 rings (SSSR count). The Balaban J connectivity index is 2.10. The van der Waals surface area contributed by atoms with Gasteiger partial charge in [-0.15, -0.1) is 0 Å². The zero-order valence-electron chi connectivity index (χ0n) is 18.0. The monoisotopic (exact) mass is 406 g/mol. The van der Waals surface area contributed by atoms with E-state index in [0.29, 0.717) is 13.1 Å². The van der Waals surface area contributed by atoms with Crippen molar-refractivity contribution >= 4 is 12.0 Å². The quantitative estimate of drug-likeness (QED) is 0.707. The average molecular weight is 407 g/mol. The first-order valence-corrected chi connectivity index (χ1v) is 10.5. The van der Waals surface area contributed by atoms with E-state index < -0.39 is 17.2 Å². The van der Waals surface area contributed by atoms with E-state index >= 15 is 0 Å². The number of rotatable bonds is 6. The molecule has 0 unspecified atom stereocenters. The lowest BCUT2D eigenvalue weighted by atomic mass is 9.90. The van der Waals surface area contributed by atoms with Gasteiger partial charge in [-0.2, -0.15) is 5.10 Å². The van der Waals surface area contributed by atoms with E-state index in [1.165, 1.54) is 16.8 Å². The summed E-state index contributed by atoms with van der Waals surface area (Å²) >= 11 is 0. The van der Waals surface area contributed by atoms with Gasteiger partial charge in [0.25, 0.3) is 11.5 Å². The summed E-state index contributed by atoms with van der Waals surface area (Å²) in [4.78, 5) is 36.9. The van der Waals surface area contributed by atoms with Crippen molar-refractivity contribution in [2.75, 3.05) is 6.54 Å². The summed E-state index contributed by atoms with van der Waals surface area (Å²) in [6.07, 6.45) is 6.00. The fourth-order valence-corrected chi connectivity index (χ4v) is 3.55. The Morgan fingerprint density at radius 3 is 2.41 bits per heavy atom. The number of carbonyl (C=O) groups is 2. The molecular formula is C21H34N4O4. The number of hydrogen-bond donors (Lipinski definition) is 2. The molecule has 0 radical (unpaired) electrons. The second-order valence-electron chi connectivity index (χ2n) is 8.78. The van der Waals surface area contributed by atoms with Gasteiger partial charge in [0.05, 0.1) is 5.54 Å². The number of aromatic nitrogens is 2. The van der Waals surface area contributed by atoms with Crippen LogP contribution in [0.2, 0.25) is 0 Å².